The molecule has 0 radical (unpaired) electrons. The monoisotopic (exact) mass is 475 g/mol. The molecule has 7 heteroatoms. The predicted molar refractivity (Wildman–Crippen MR) is 137 cm³/mol. The number of hydrogen-bond acceptors (Lipinski definition) is 5. The first-order valence-electron chi connectivity index (χ1n) is 11.1. The lowest BCUT2D eigenvalue weighted by atomic mass is 9.89. The van der Waals surface area contributed by atoms with Crippen molar-refractivity contribution in [2.24, 2.45) is 5.92 Å². The fourth-order valence-corrected chi connectivity index (χ4v) is 6.56. The molecule has 1 unspecified atom stereocenters. The highest BCUT2D eigenvalue weighted by atomic mass is 32.2. The van der Waals surface area contributed by atoms with Crippen LogP contribution in [-0.4, -0.2) is 21.2 Å². The van der Waals surface area contributed by atoms with Gasteiger partial charge in [-0.15, -0.1) is 11.3 Å². The minimum Gasteiger partial charge on any atom is -0.325 e. The van der Waals surface area contributed by atoms with Gasteiger partial charge in [-0.05, 0) is 67.5 Å². The lowest BCUT2D eigenvalue weighted by molar-refractivity contribution is -0.113. The van der Waals surface area contributed by atoms with E-state index < -0.39 is 0 Å². The molecule has 4 aromatic rings. The fraction of sp³-hybridized carbons (Fsp3) is 0.269. The Hall–Kier alpha value is -2.90. The van der Waals surface area contributed by atoms with Crippen molar-refractivity contribution in [3.63, 3.8) is 0 Å². The molecule has 168 valence electrons. The van der Waals surface area contributed by atoms with Crippen molar-refractivity contribution in [1.29, 1.82) is 0 Å². The molecule has 1 atom stereocenters. The summed E-state index contributed by atoms with van der Waals surface area (Å²) < 4.78 is 1.66. The van der Waals surface area contributed by atoms with Crippen molar-refractivity contribution < 1.29 is 4.79 Å². The maximum atomic E-state index is 13.8. The number of thiophene rings is 1. The summed E-state index contributed by atoms with van der Waals surface area (Å²) in [6, 6.07) is 17.3. The zero-order valence-electron chi connectivity index (χ0n) is 18.6. The molecule has 0 saturated heterocycles. The first-order valence-corrected chi connectivity index (χ1v) is 12.9. The van der Waals surface area contributed by atoms with Crippen molar-refractivity contribution in [3.05, 3.63) is 81.0 Å². The summed E-state index contributed by atoms with van der Waals surface area (Å²) >= 11 is 2.93. The number of rotatable bonds is 5. The third-order valence-electron chi connectivity index (χ3n) is 5.95. The van der Waals surface area contributed by atoms with Crippen molar-refractivity contribution in [2.45, 2.75) is 38.3 Å². The van der Waals surface area contributed by atoms with E-state index in [9.17, 15) is 9.59 Å². The van der Waals surface area contributed by atoms with Gasteiger partial charge >= 0.3 is 0 Å². The Balaban J connectivity index is 1.52. The molecule has 2 aromatic carbocycles. The number of benzene rings is 2. The Labute approximate surface area is 200 Å². The lowest BCUT2D eigenvalue weighted by Crippen LogP contribution is -2.23. The van der Waals surface area contributed by atoms with Crippen molar-refractivity contribution in [2.75, 3.05) is 11.1 Å². The number of carbonyl (C=O) groups excluding carboxylic acids is 1. The van der Waals surface area contributed by atoms with Gasteiger partial charge in [0.1, 0.15) is 4.83 Å². The van der Waals surface area contributed by atoms with Crippen LogP contribution in [0.3, 0.4) is 0 Å². The van der Waals surface area contributed by atoms with E-state index in [-0.39, 0.29) is 17.2 Å². The van der Waals surface area contributed by atoms with Crippen LogP contribution in [0.2, 0.25) is 0 Å². The normalized spacial score (nSPS) is 15.4. The maximum absolute atomic E-state index is 13.8. The van der Waals surface area contributed by atoms with Crippen LogP contribution in [0.15, 0.2) is 64.5 Å². The van der Waals surface area contributed by atoms with Crippen molar-refractivity contribution >= 4 is 44.9 Å². The van der Waals surface area contributed by atoms with Gasteiger partial charge in [0.2, 0.25) is 5.91 Å². The van der Waals surface area contributed by atoms with E-state index >= 15 is 0 Å². The summed E-state index contributed by atoms with van der Waals surface area (Å²) in [6.45, 7) is 4.25. The summed E-state index contributed by atoms with van der Waals surface area (Å²) in [4.78, 5) is 33.4. The molecule has 1 aliphatic carbocycles. The second-order valence-electron chi connectivity index (χ2n) is 8.61. The zero-order valence-corrected chi connectivity index (χ0v) is 20.3. The maximum Gasteiger partial charge on any atom is 0.267 e. The molecule has 0 bridgehead atoms. The van der Waals surface area contributed by atoms with E-state index in [1.54, 1.807) is 15.9 Å². The Bertz CT molecular complexity index is 1390. The van der Waals surface area contributed by atoms with Gasteiger partial charge in [-0.2, -0.15) is 0 Å². The van der Waals surface area contributed by atoms with E-state index in [1.807, 2.05) is 61.5 Å². The Morgan fingerprint density at radius 2 is 2.03 bits per heavy atom. The number of hydrogen-bond donors (Lipinski definition) is 1. The van der Waals surface area contributed by atoms with Gasteiger partial charge < -0.3 is 5.32 Å². The van der Waals surface area contributed by atoms with Crippen LogP contribution >= 0.6 is 23.1 Å². The molecular formula is C26H25N3O2S2. The van der Waals surface area contributed by atoms with Gasteiger partial charge in [0, 0.05) is 10.6 Å². The summed E-state index contributed by atoms with van der Waals surface area (Å²) in [5.41, 5.74) is 3.75. The minimum absolute atomic E-state index is 0.0418. The quantitative estimate of drug-likeness (QED) is 0.301. The number of nitrogens with zero attached hydrogens (tertiary/aromatic N) is 2. The fourth-order valence-electron chi connectivity index (χ4n) is 4.32. The van der Waals surface area contributed by atoms with Crippen molar-refractivity contribution in [1.82, 2.24) is 9.55 Å². The second-order valence-corrected chi connectivity index (χ2v) is 10.6. The van der Waals surface area contributed by atoms with Crippen LogP contribution in [0.1, 0.15) is 29.3 Å². The number of fused-ring (bicyclic) bond motifs is 3. The molecule has 0 aliphatic heterocycles. The number of para-hydroxylation sites is 1. The molecule has 1 amide bonds. The average Bonchev–Trinajstić information content (AvgIpc) is 3.16. The molecule has 5 nitrogen and oxygen atoms in total. The minimum atomic E-state index is -0.126. The van der Waals surface area contributed by atoms with Gasteiger partial charge in [-0.25, -0.2) is 4.98 Å². The first-order chi connectivity index (χ1) is 16.0. The molecule has 33 heavy (non-hydrogen) atoms. The molecule has 5 rings (SSSR count). The van der Waals surface area contributed by atoms with Crippen LogP contribution in [0, 0.1) is 12.8 Å². The highest BCUT2D eigenvalue weighted by Crippen LogP contribution is 2.37. The standard InChI is InChI=1S/C26H25N3O2S2/c1-16-7-6-8-18(13-16)27-22(30)15-32-26-28-24-23(20-12-11-17(2)14-21(20)33-24)25(31)29(26)19-9-4-3-5-10-19/h3-10,13,17H,11-12,14-15H2,1-2H3,(H,27,30). The Morgan fingerprint density at radius 1 is 1.21 bits per heavy atom. The highest BCUT2D eigenvalue weighted by Gasteiger charge is 2.25. The number of thioether (sulfide) groups is 1. The lowest BCUT2D eigenvalue weighted by Gasteiger charge is -2.17. The molecule has 2 aromatic heterocycles. The van der Waals surface area contributed by atoms with E-state index in [4.69, 9.17) is 4.98 Å². The van der Waals surface area contributed by atoms with Gasteiger partial charge in [0.05, 0.1) is 16.8 Å². The van der Waals surface area contributed by atoms with Crippen LogP contribution in [0.25, 0.3) is 15.9 Å². The second kappa shape index (κ2) is 9.15. The predicted octanol–water partition coefficient (Wildman–Crippen LogP) is 5.61. The number of aryl methyl sites for hydroxylation is 2. The molecule has 2 heterocycles. The summed E-state index contributed by atoms with van der Waals surface area (Å²) in [6.07, 6.45) is 3.02. The SMILES string of the molecule is Cc1cccc(NC(=O)CSc2nc3sc4c(c3c(=O)n2-c2ccccc2)CCC(C)C4)c1. The number of anilines is 1. The van der Waals surface area contributed by atoms with Crippen LogP contribution in [0.5, 0.6) is 0 Å². The van der Waals surface area contributed by atoms with Gasteiger partial charge in [0.25, 0.3) is 5.56 Å². The van der Waals surface area contributed by atoms with Crippen LogP contribution in [-0.2, 0) is 17.6 Å². The Morgan fingerprint density at radius 3 is 2.82 bits per heavy atom. The van der Waals surface area contributed by atoms with E-state index in [0.29, 0.717) is 11.1 Å². The van der Waals surface area contributed by atoms with Crippen LogP contribution < -0.4 is 10.9 Å². The number of amides is 1. The summed E-state index contributed by atoms with van der Waals surface area (Å²) in [5.74, 6) is 0.667. The first kappa shape index (κ1) is 21.9. The zero-order chi connectivity index (χ0) is 22.9. The summed E-state index contributed by atoms with van der Waals surface area (Å²) in [7, 11) is 0. The Kier molecular flexibility index (Phi) is 6.08. The average molecular weight is 476 g/mol. The van der Waals surface area contributed by atoms with Crippen LogP contribution in [0.4, 0.5) is 5.69 Å². The highest BCUT2D eigenvalue weighted by molar-refractivity contribution is 7.99. The molecule has 0 fully saturated rings. The molecule has 0 spiro atoms. The van der Waals surface area contributed by atoms with E-state index in [0.717, 1.165) is 46.4 Å². The third kappa shape index (κ3) is 4.48. The molecule has 1 aliphatic rings. The number of carbonyl (C=O) groups is 1. The van der Waals surface area contributed by atoms with Crippen molar-refractivity contribution in [3.8, 4) is 5.69 Å². The van der Waals surface area contributed by atoms with Gasteiger partial charge in [-0.1, -0.05) is 49.0 Å². The van der Waals surface area contributed by atoms with Gasteiger partial charge in [0.15, 0.2) is 5.16 Å². The molecular weight excluding hydrogens is 450 g/mol. The number of nitrogens with one attached hydrogen (secondary N) is 1. The summed E-state index contributed by atoms with van der Waals surface area (Å²) in [5, 5.41) is 4.23. The smallest absolute Gasteiger partial charge is 0.267 e. The molecule has 0 saturated carbocycles. The van der Waals surface area contributed by atoms with E-state index in [2.05, 4.69) is 12.2 Å². The third-order valence-corrected chi connectivity index (χ3v) is 8.03. The molecule has 1 N–H and O–H groups in total. The van der Waals surface area contributed by atoms with Gasteiger partial charge in [-0.3, -0.25) is 14.2 Å². The van der Waals surface area contributed by atoms with E-state index in [1.165, 1.54) is 22.2 Å². The largest absolute Gasteiger partial charge is 0.325 e. The number of aromatic nitrogens is 2. The topological polar surface area (TPSA) is 64.0 Å².